The summed E-state index contributed by atoms with van der Waals surface area (Å²) in [6.45, 7) is 2.08. The van der Waals surface area contributed by atoms with E-state index in [0.29, 0.717) is 0 Å². The number of pyridine rings is 1. The van der Waals surface area contributed by atoms with Gasteiger partial charge in [0.25, 0.3) is 38.3 Å². The molecule has 1 unspecified atom stereocenters. The van der Waals surface area contributed by atoms with Crippen LogP contribution in [-0.2, 0) is 52.5 Å². The third kappa shape index (κ3) is 7.55. The van der Waals surface area contributed by atoms with E-state index in [9.17, 15) is 49.1 Å². The van der Waals surface area contributed by atoms with Gasteiger partial charge in [-0.2, -0.15) is 4.72 Å². The molecule has 6 aromatic rings. The summed E-state index contributed by atoms with van der Waals surface area (Å²) in [7, 11) is -4.78. The zero-order valence-electron chi connectivity index (χ0n) is 32.5. The zero-order chi connectivity index (χ0) is 43.6. The fraction of sp³-hybridized carbons (Fsp3) is 0.324. The number of halogens is 4. The van der Waals surface area contributed by atoms with Crippen molar-refractivity contribution in [1.82, 2.24) is 32.7 Å². The molecule has 0 spiro atoms. The van der Waals surface area contributed by atoms with Crippen LogP contribution < -0.4 is 20.1 Å². The van der Waals surface area contributed by atoms with Gasteiger partial charge in [-0.25, -0.2) is 39.1 Å². The first-order valence-corrected chi connectivity index (χ1v) is 21.0. The minimum absolute atomic E-state index is 0.0267. The van der Waals surface area contributed by atoms with E-state index in [-0.39, 0.29) is 68.5 Å². The summed E-state index contributed by atoms with van der Waals surface area (Å²) >= 11 is 0. The number of amides is 2. The molecular formula is C37H39F4N9O8S2. The van der Waals surface area contributed by atoms with Crippen molar-refractivity contribution in [3.05, 3.63) is 89.3 Å². The van der Waals surface area contributed by atoms with E-state index in [1.165, 1.54) is 59.1 Å². The lowest BCUT2D eigenvalue weighted by Gasteiger charge is -2.38. The molecular weight excluding hydrogens is 839 g/mol. The number of aromatic nitrogens is 5. The Labute approximate surface area is 340 Å². The molecule has 0 bridgehead atoms. The number of carbonyl (C=O) groups is 2. The SMILES string of the molecule is CC(CO)NS(=O)(=O)c1c2c(cc(Cn3c(C(=O)Nc4ccc(F)c(F)c4)c4ccn(C)c4c3S(=O)(=O)NC3(C)COC3)n2C)c(C(=O)Nc2ccnc(C(F)F)c2)n1C. The average Bonchev–Trinajstić information content (AvgIpc) is 3.87. The largest absolute Gasteiger partial charge is 0.395 e. The molecule has 7 rings (SSSR count). The maximum absolute atomic E-state index is 14.5. The van der Waals surface area contributed by atoms with Gasteiger partial charge in [0.2, 0.25) is 0 Å². The van der Waals surface area contributed by atoms with E-state index in [2.05, 4.69) is 25.1 Å². The lowest BCUT2D eigenvalue weighted by atomic mass is 10.0. The number of sulfonamides is 2. The molecule has 1 aliphatic heterocycles. The molecule has 23 heteroatoms. The number of aliphatic hydroxyl groups is 1. The number of rotatable bonds is 14. The molecule has 5 aromatic heterocycles. The summed E-state index contributed by atoms with van der Waals surface area (Å²) in [6, 6.07) is 6.84. The van der Waals surface area contributed by atoms with Gasteiger partial charge in [0.1, 0.15) is 17.1 Å². The van der Waals surface area contributed by atoms with Gasteiger partial charge < -0.3 is 38.7 Å². The molecule has 60 heavy (non-hydrogen) atoms. The number of carbonyl (C=O) groups excluding carboxylic acids is 2. The Balaban J connectivity index is 1.44. The van der Waals surface area contributed by atoms with Gasteiger partial charge in [-0.1, -0.05) is 0 Å². The fourth-order valence-electron chi connectivity index (χ4n) is 7.26. The maximum Gasteiger partial charge on any atom is 0.280 e. The van der Waals surface area contributed by atoms with Crippen molar-refractivity contribution in [2.45, 2.75) is 48.5 Å². The second-order valence-electron chi connectivity index (χ2n) is 14.8. The predicted octanol–water partition coefficient (Wildman–Crippen LogP) is 3.70. The number of hydrogen-bond donors (Lipinski definition) is 5. The second-order valence-corrected chi connectivity index (χ2v) is 18.0. The number of fused-ring (bicyclic) bond motifs is 2. The molecule has 5 N–H and O–H groups in total. The minimum atomic E-state index is -4.55. The molecule has 2 amide bonds. The summed E-state index contributed by atoms with van der Waals surface area (Å²) in [4.78, 5) is 31.9. The topological polar surface area (TPSA) is 213 Å². The van der Waals surface area contributed by atoms with Gasteiger partial charge in [0.15, 0.2) is 21.7 Å². The van der Waals surface area contributed by atoms with E-state index < -0.39 is 85.4 Å². The van der Waals surface area contributed by atoms with Gasteiger partial charge >= 0.3 is 0 Å². The van der Waals surface area contributed by atoms with Crippen LogP contribution in [-0.4, -0.2) is 88.4 Å². The summed E-state index contributed by atoms with van der Waals surface area (Å²) in [5, 5.41) is 14.1. The van der Waals surface area contributed by atoms with Gasteiger partial charge in [-0.3, -0.25) is 14.6 Å². The van der Waals surface area contributed by atoms with Crippen LogP contribution in [0, 0.1) is 11.6 Å². The highest BCUT2D eigenvalue weighted by Gasteiger charge is 2.41. The van der Waals surface area contributed by atoms with Crippen LogP contribution in [0.2, 0.25) is 0 Å². The Morgan fingerprint density at radius 1 is 0.867 bits per heavy atom. The quantitative estimate of drug-likeness (QED) is 0.101. The summed E-state index contributed by atoms with van der Waals surface area (Å²) < 4.78 is 128. The molecule has 6 heterocycles. The van der Waals surface area contributed by atoms with Crippen LogP contribution in [0.5, 0.6) is 0 Å². The van der Waals surface area contributed by atoms with Crippen molar-refractivity contribution in [3.63, 3.8) is 0 Å². The third-order valence-corrected chi connectivity index (χ3v) is 13.4. The van der Waals surface area contributed by atoms with Crippen molar-refractivity contribution in [2.75, 3.05) is 30.5 Å². The predicted molar refractivity (Wildman–Crippen MR) is 210 cm³/mol. The number of hydrogen-bond acceptors (Lipinski definition) is 9. The van der Waals surface area contributed by atoms with Crippen molar-refractivity contribution in [2.24, 2.45) is 21.1 Å². The normalized spacial score (nSPS) is 14.8. The van der Waals surface area contributed by atoms with Gasteiger partial charge in [0, 0.05) is 73.5 Å². The molecule has 1 fully saturated rings. The first-order valence-electron chi connectivity index (χ1n) is 18.1. The first kappa shape index (κ1) is 42.5. The molecule has 0 saturated carbocycles. The van der Waals surface area contributed by atoms with E-state index in [4.69, 9.17) is 4.74 Å². The fourth-order valence-corrected chi connectivity index (χ4v) is 10.7. The van der Waals surface area contributed by atoms with E-state index >= 15 is 0 Å². The molecule has 320 valence electrons. The van der Waals surface area contributed by atoms with Crippen LogP contribution in [0.15, 0.2) is 64.9 Å². The number of benzene rings is 1. The van der Waals surface area contributed by atoms with Crippen LogP contribution in [0.25, 0.3) is 21.8 Å². The molecule has 1 saturated heterocycles. The Morgan fingerprint density at radius 3 is 2.15 bits per heavy atom. The lowest BCUT2D eigenvalue weighted by molar-refractivity contribution is -0.0523. The van der Waals surface area contributed by atoms with Crippen LogP contribution in [0.4, 0.5) is 28.9 Å². The molecule has 1 aliphatic rings. The second kappa shape index (κ2) is 15.5. The lowest BCUT2D eigenvalue weighted by Crippen LogP contribution is -2.59. The van der Waals surface area contributed by atoms with Crippen LogP contribution in [0.1, 0.15) is 52.6 Å². The number of nitrogens with one attached hydrogen (secondary N) is 4. The van der Waals surface area contributed by atoms with Gasteiger partial charge in [-0.05, 0) is 50.2 Å². The van der Waals surface area contributed by atoms with Crippen molar-refractivity contribution < 1.29 is 53.8 Å². The number of nitrogens with zero attached hydrogens (tertiary/aromatic N) is 5. The van der Waals surface area contributed by atoms with Gasteiger partial charge in [-0.15, -0.1) is 0 Å². The standard InChI is InChI=1S/C37H39F4N9O8S2/c1-19(16-51)45-59(54,55)35-31-24(28(49(35)5)33(52)44-21-8-10-42-27(13-21)32(40)41)14-22(48(31)4)15-50-29(34(53)43-20-6-7-25(38)26(39)12-20)23-9-11-47(3)30(23)36(50)60(56,57)46-37(2)17-58-18-37/h6-14,19,32,45-46,51H,15-18H2,1-5H3,(H,43,53)(H,42,44,52). The zero-order valence-corrected chi connectivity index (χ0v) is 34.2. The number of ether oxygens (including phenoxy) is 1. The van der Waals surface area contributed by atoms with Gasteiger partial charge in [0.05, 0.1) is 42.9 Å². The van der Waals surface area contributed by atoms with E-state index in [1.54, 1.807) is 14.0 Å². The monoisotopic (exact) mass is 877 g/mol. The maximum atomic E-state index is 14.5. The molecule has 0 aliphatic carbocycles. The smallest absolute Gasteiger partial charge is 0.280 e. The van der Waals surface area contributed by atoms with Crippen LogP contribution >= 0.6 is 0 Å². The molecule has 1 aromatic carbocycles. The number of aliphatic hydroxyl groups excluding tert-OH is 1. The van der Waals surface area contributed by atoms with Crippen molar-refractivity contribution in [3.8, 4) is 0 Å². The highest BCUT2D eigenvalue weighted by atomic mass is 32.2. The van der Waals surface area contributed by atoms with Crippen LogP contribution in [0.3, 0.4) is 0 Å². The first-order chi connectivity index (χ1) is 28.2. The Hall–Kier alpha value is -5.59. The third-order valence-electron chi connectivity index (χ3n) is 10.0. The number of anilines is 2. The molecule has 1 atom stereocenters. The minimum Gasteiger partial charge on any atom is -0.395 e. The highest BCUT2D eigenvalue weighted by Crippen LogP contribution is 2.37. The number of aryl methyl sites for hydroxylation is 2. The molecule has 17 nitrogen and oxygen atoms in total. The van der Waals surface area contributed by atoms with Crippen molar-refractivity contribution >= 4 is 65.0 Å². The van der Waals surface area contributed by atoms with E-state index in [0.717, 1.165) is 35.0 Å². The number of alkyl halides is 2. The van der Waals surface area contributed by atoms with E-state index in [1.807, 2.05) is 0 Å². The Kier molecular flexibility index (Phi) is 11.0. The summed E-state index contributed by atoms with van der Waals surface area (Å²) in [6.07, 6.45) is -0.364. The Morgan fingerprint density at radius 2 is 1.53 bits per heavy atom. The molecule has 0 radical (unpaired) electrons. The van der Waals surface area contributed by atoms with Crippen molar-refractivity contribution in [1.29, 1.82) is 0 Å². The summed E-state index contributed by atoms with van der Waals surface area (Å²) in [5.41, 5.74) is -2.13. The Bertz CT molecular complexity index is 2940. The summed E-state index contributed by atoms with van der Waals surface area (Å²) in [5.74, 6) is -4.24. The average molecular weight is 878 g/mol. The highest BCUT2D eigenvalue weighted by molar-refractivity contribution is 7.90.